The van der Waals surface area contributed by atoms with Crippen molar-refractivity contribution in [3.05, 3.63) is 40.7 Å². The molecule has 5 heteroatoms. The van der Waals surface area contributed by atoms with Gasteiger partial charge in [-0.3, -0.25) is 4.79 Å². The van der Waals surface area contributed by atoms with Crippen molar-refractivity contribution in [1.82, 2.24) is 5.32 Å². The molecule has 1 amide bonds. The molecule has 1 fully saturated rings. The number of amides is 1. The van der Waals surface area contributed by atoms with E-state index in [2.05, 4.69) is 5.32 Å². The minimum Gasteiger partial charge on any atom is -0.391 e. The second-order valence-electron chi connectivity index (χ2n) is 5.29. The van der Waals surface area contributed by atoms with E-state index in [1.54, 1.807) is 6.07 Å². The highest BCUT2D eigenvalue weighted by molar-refractivity contribution is 6.32. The first-order valence-corrected chi connectivity index (χ1v) is 7.56. The van der Waals surface area contributed by atoms with Crippen LogP contribution < -0.4 is 5.32 Å². The Morgan fingerprint density at radius 2 is 2.10 bits per heavy atom. The van der Waals surface area contributed by atoms with E-state index in [1.165, 1.54) is 24.3 Å². The van der Waals surface area contributed by atoms with Gasteiger partial charge in [-0.05, 0) is 31.1 Å². The fourth-order valence-electron chi connectivity index (χ4n) is 2.52. The maximum atomic E-state index is 13.6. The molecule has 2 N–H and O–H groups in total. The van der Waals surface area contributed by atoms with Gasteiger partial charge in [0.05, 0.1) is 17.2 Å². The molecule has 1 aliphatic carbocycles. The number of nitrogens with one attached hydrogen (secondary N) is 1. The number of aliphatic hydroxyl groups is 1. The average molecular weight is 312 g/mol. The highest BCUT2D eigenvalue weighted by Crippen LogP contribution is 2.21. The summed E-state index contributed by atoms with van der Waals surface area (Å²) in [5, 5.41) is 13.0. The van der Waals surface area contributed by atoms with E-state index in [4.69, 9.17) is 11.6 Å². The number of halogens is 2. The van der Waals surface area contributed by atoms with Crippen molar-refractivity contribution in [3.8, 4) is 0 Å². The Hall–Kier alpha value is -1.39. The van der Waals surface area contributed by atoms with Gasteiger partial charge < -0.3 is 10.4 Å². The second kappa shape index (κ2) is 7.57. The third-order valence-corrected chi connectivity index (χ3v) is 4.04. The van der Waals surface area contributed by atoms with Crippen molar-refractivity contribution in [2.45, 2.75) is 44.2 Å². The van der Waals surface area contributed by atoms with Crippen LogP contribution in [0.3, 0.4) is 0 Å². The Bertz CT molecular complexity index is 513. The molecular weight excluding hydrogens is 293 g/mol. The number of carbonyl (C=O) groups excluding carboxylic acids is 1. The van der Waals surface area contributed by atoms with Crippen molar-refractivity contribution in [2.75, 3.05) is 0 Å². The van der Waals surface area contributed by atoms with Gasteiger partial charge in [0.2, 0.25) is 5.91 Å². The molecule has 1 aromatic rings. The van der Waals surface area contributed by atoms with Crippen molar-refractivity contribution in [3.63, 3.8) is 0 Å². The standard InChI is InChI=1S/C16H19ClFNO2/c17-12-5-4-6-13(18)11(12)9-10-16(21)19-14-7-2-1-3-8-15(14)20/h4-6,9-10,14-15,20H,1-3,7-8H2,(H,19,21)/b10-9+. The van der Waals surface area contributed by atoms with Crippen molar-refractivity contribution >= 4 is 23.6 Å². The molecule has 0 saturated heterocycles. The van der Waals surface area contributed by atoms with Gasteiger partial charge in [-0.1, -0.05) is 36.9 Å². The molecule has 1 aromatic carbocycles. The van der Waals surface area contributed by atoms with Gasteiger partial charge in [-0.25, -0.2) is 4.39 Å². The molecule has 0 bridgehead atoms. The fraction of sp³-hybridized carbons (Fsp3) is 0.438. The van der Waals surface area contributed by atoms with Crippen LogP contribution in [0.25, 0.3) is 6.08 Å². The van der Waals surface area contributed by atoms with Crippen LogP contribution in [-0.4, -0.2) is 23.2 Å². The van der Waals surface area contributed by atoms with Crippen LogP contribution in [0.2, 0.25) is 5.02 Å². The zero-order chi connectivity index (χ0) is 15.2. The molecule has 1 aliphatic rings. The Balaban J connectivity index is 1.99. The molecule has 0 aromatic heterocycles. The molecule has 2 atom stereocenters. The molecule has 2 rings (SSSR count). The van der Waals surface area contributed by atoms with Crippen LogP contribution in [0.5, 0.6) is 0 Å². The van der Waals surface area contributed by atoms with Crippen LogP contribution >= 0.6 is 11.6 Å². The number of benzene rings is 1. The van der Waals surface area contributed by atoms with E-state index in [1.807, 2.05) is 0 Å². The van der Waals surface area contributed by atoms with Crippen molar-refractivity contribution in [1.29, 1.82) is 0 Å². The lowest BCUT2D eigenvalue weighted by atomic mass is 10.1. The molecule has 114 valence electrons. The highest BCUT2D eigenvalue weighted by atomic mass is 35.5. The Morgan fingerprint density at radius 1 is 1.33 bits per heavy atom. The Kier molecular flexibility index (Phi) is 5.76. The summed E-state index contributed by atoms with van der Waals surface area (Å²) in [5.74, 6) is -0.818. The number of carbonyl (C=O) groups is 1. The minimum absolute atomic E-state index is 0.190. The van der Waals surface area contributed by atoms with Crippen LogP contribution in [0.15, 0.2) is 24.3 Å². The Morgan fingerprint density at radius 3 is 2.86 bits per heavy atom. The summed E-state index contributed by atoms with van der Waals surface area (Å²) < 4.78 is 13.6. The van der Waals surface area contributed by atoms with E-state index in [9.17, 15) is 14.3 Å². The maximum absolute atomic E-state index is 13.6. The van der Waals surface area contributed by atoms with E-state index < -0.39 is 11.9 Å². The van der Waals surface area contributed by atoms with Crippen LogP contribution in [-0.2, 0) is 4.79 Å². The predicted octanol–water partition coefficient (Wildman–Crippen LogP) is 3.30. The number of hydrogen-bond acceptors (Lipinski definition) is 2. The molecule has 2 unspecified atom stereocenters. The molecule has 0 spiro atoms. The molecular formula is C16H19ClFNO2. The van der Waals surface area contributed by atoms with Gasteiger partial charge in [-0.15, -0.1) is 0 Å². The predicted molar refractivity (Wildman–Crippen MR) is 81.5 cm³/mol. The monoisotopic (exact) mass is 311 g/mol. The van der Waals surface area contributed by atoms with Crippen LogP contribution in [0.1, 0.15) is 37.7 Å². The summed E-state index contributed by atoms with van der Waals surface area (Å²) in [4.78, 5) is 11.9. The van der Waals surface area contributed by atoms with E-state index in [0.717, 1.165) is 25.7 Å². The largest absolute Gasteiger partial charge is 0.391 e. The molecule has 1 saturated carbocycles. The summed E-state index contributed by atoms with van der Waals surface area (Å²) in [7, 11) is 0. The van der Waals surface area contributed by atoms with E-state index >= 15 is 0 Å². The first kappa shape index (κ1) is 16.0. The van der Waals surface area contributed by atoms with Crippen LogP contribution in [0.4, 0.5) is 4.39 Å². The Labute approximate surface area is 128 Å². The summed E-state index contributed by atoms with van der Waals surface area (Å²) in [6.45, 7) is 0. The number of rotatable bonds is 3. The summed E-state index contributed by atoms with van der Waals surface area (Å²) in [6, 6.07) is 4.13. The first-order chi connectivity index (χ1) is 10.1. The molecule has 0 radical (unpaired) electrons. The molecule has 0 aliphatic heterocycles. The minimum atomic E-state index is -0.512. The number of aliphatic hydroxyl groups excluding tert-OH is 1. The fourth-order valence-corrected chi connectivity index (χ4v) is 2.74. The SMILES string of the molecule is O=C(/C=C/c1c(F)cccc1Cl)NC1CCCCCC1O. The normalized spacial score (nSPS) is 23.0. The molecule has 0 heterocycles. The lowest BCUT2D eigenvalue weighted by molar-refractivity contribution is -0.118. The van der Waals surface area contributed by atoms with E-state index in [0.29, 0.717) is 6.42 Å². The topological polar surface area (TPSA) is 49.3 Å². The van der Waals surface area contributed by atoms with E-state index in [-0.39, 0.29) is 22.5 Å². The lowest BCUT2D eigenvalue weighted by Gasteiger charge is -2.20. The van der Waals surface area contributed by atoms with Crippen LogP contribution in [0, 0.1) is 5.82 Å². The van der Waals surface area contributed by atoms with Gasteiger partial charge in [0.15, 0.2) is 0 Å². The quantitative estimate of drug-likeness (QED) is 0.664. The smallest absolute Gasteiger partial charge is 0.244 e. The van der Waals surface area contributed by atoms with Gasteiger partial charge in [0, 0.05) is 11.6 Å². The zero-order valence-electron chi connectivity index (χ0n) is 11.7. The average Bonchev–Trinajstić information content (AvgIpc) is 2.64. The van der Waals surface area contributed by atoms with Gasteiger partial charge in [-0.2, -0.15) is 0 Å². The molecule has 3 nitrogen and oxygen atoms in total. The zero-order valence-corrected chi connectivity index (χ0v) is 12.4. The van der Waals surface area contributed by atoms with Gasteiger partial charge >= 0.3 is 0 Å². The third kappa shape index (κ3) is 4.55. The van der Waals surface area contributed by atoms with Crippen molar-refractivity contribution < 1.29 is 14.3 Å². The first-order valence-electron chi connectivity index (χ1n) is 7.18. The second-order valence-corrected chi connectivity index (χ2v) is 5.70. The summed E-state index contributed by atoms with van der Waals surface area (Å²) in [6.07, 6.45) is 6.61. The highest BCUT2D eigenvalue weighted by Gasteiger charge is 2.22. The summed E-state index contributed by atoms with van der Waals surface area (Å²) >= 11 is 5.89. The lowest BCUT2D eigenvalue weighted by Crippen LogP contribution is -2.41. The summed E-state index contributed by atoms with van der Waals surface area (Å²) in [5.41, 5.74) is 0.190. The maximum Gasteiger partial charge on any atom is 0.244 e. The van der Waals surface area contributed by atoms with Gasteiger partial charge in [0.1, 0.15) is 5.82 Å². The third-order valence-electron chi connectivity index (χ3n) is 3.71. The van der Waals surface area contributed by atoms with Crippen molar-refractivity contribution in [2.24, 2.45) is 0 Å². The van der Waals surface area contributed by atoms with Gasteiger partial charge in [0.25, 0.3) is 0 Å². The number of hydrogen-bond donors (Lipinski definition) is 2. The molecule has 21 heavy (non-hydrogen) atoms.